The van der Waals surface area contributed by atoms with Crippen molar-refractivity contribution in [2.24, 2.45) is 0 Å². The van der Waals surface area contributed by atoms with Crippen molar-refractivity contribution in [3.8, 4) is 0 Å². The van der Waals surface area contributed by atoms with Crippen molar-refractivity contribution in [2.75, 3.05) is 13.7 Å². The molecule has 0 saturated heterocycles. The first-order valence-corrected chi connectivity index (χ1v) is 7.82. The van der Waals surface area contributed by atoms with E-state index in [1.54, 1.807) is 7.11 Å². The number of ketones is 1. The normalized spacial score (nSPS) is 10.8. The third-order valence-corrected chi connectivity index (χ3v) is 3.36. The fraction of sp³-hybridized carbons (Fsp3) is 0.938. The van der Waals surface area contributed by atoms with Gasteiger partial charge < -0.3 is 4.74 Å². The van der Waals surface area contributed by atoms with Gasteiger partial charge in [-0.1, -0.05) is 58.3 Å². The predicted molar refractivity (Wildman–Crippen MR) is 78.0 cm³/mol. The van der Waals surface area contributed by atoms with Crippen LogP contribution in [0, 0.1) is 0 Å². The summed E-state index contributed by atoms with van der Waals surface area (Å²) < 4.78 is 4.94. The molecule has 0 aliphatic carbocycles. The molecule has 2 heteroatoms. The molecular formula is C16H32O2. The Bertz CT molecular complexity index is 178. The first kappa shape index (κ1) is 17.6. The number of hydrogen-bond donors (Lipinski definition) is 0. The highest BCUT2D eigenvalue weighted by molar-refractivity contribution is 5.78. The summed E-state index contributed by atoms with van der Waals surface area (Å²) >= 11 is 0. The van der Waals surface area contributed by atoms with E-state index >= 15 is 0 Å². The topological polar surface area (TPSA) is 26.3 Å². The number of ether oxygens (including phenoxy) is 1. The van der Waals surface area contributed by atoms with Crippen molar-refractivity contribution in [1.82, 2.24) is 0 Å². The summed E-state index contributed by atoms with van der Waals surface area (Å²) in [7, 11) is 1.69. The summed E-state index contributed by atoms with van der Waals surface area (Å²) in [6, 6.07) is 0. The average molecular weight is 256 g/mol. The first-order valence-electron chi connectivity index (χ1n) is 7.82. The fourth-order valence-corrected chi connectivity index (χ4v) is 2.17. The molecule has 2 nitrogen and oxygen atoms in total. The number of unbranched alkanes of at least 4 members (excludes halogenated alkanes) is 8. The Balaban J connectivity index is 3.08. The van der Waals surface area contributed by atoms with Crippen molar-refractivity contribution in [3.05, 3.63) is 0 Å². The molecule has 18 heavy (non-hydrogen) atoms. The minimum Gasteiger partial charge on any atom is -0.385 e. The Hall–Kier alpha value is -0.370. The van der Waals surface area contributed by atoms with Crippen LogP contribution in [0.3, 0.4) is 0 Å². The molecule has 108 valence electrons. The van der Waals surface area contributed by atoms with E-state index < -0.39 is 0 Å². The highest BCUT2D eigenvalue weighted by atomic mass is 16.5. The molecule has 0 rings (SSSR count). The standard InChI is InChI=1S/C16H32O2/c1-3-4-5-6-7-8-9-10-11-13-16(17)14-12-15-18-2/h3-15H2,1-2H3. The van der Waals surface area contributed by atoms with Crippen LogP contribution < -0.4 is 0 Å². The van der Waals surface area contributed by atoms with Crippen LogP contribution in [0.15, 0.2) is 0 Å². The third kappa shape index (κ3) is 13.7. The summed E-state index contributed by atoms with van der Waals surface area (Å²) in [6.07, 6.45) is 14.2. The van der Waals surface area contributed by atoms with Gasteiger partial charge in [-0.2, -0.15) is 0 Å². The van der Waals surface area contributed by atoms with E-state index in [0.717, 1.165) is 19.3 Å². The number of methoxy groups -OCH3 is 1. The Morgan fingerprint density at radius 1 is 0.778 bits per heavy atom. The number of carbonyl (C=O) groups is 1. The van der Waals surface area contributed by atoms with Gasteiger partial charge in [0.1, 0.15) is 5.78 Å². The lowest BCUT2D eigenvalue weighted by atomic mass is 10.0. The van der Waals surface area contributed by atoms with Gasteiger partial charge in [-0.25, -0.2) is 0 Å². The van der Waals surface area contributed by atoms with Crippen LogP contribution in [-0.2, 0) is 9.53 Å². The van der Waals surface area contributed by atoms with Gasteiger partial charge in [0.2, 0.25) is 0 Å². The monoisotopic (exact) mass is 256 g/mol. The average Bonchev–Trinajstić information content (AvgIpc) is 2.37. The molecule has 0 aromatic heterocycles. The van der Waals surface area contributed by atoms with Gasteiger partial charge in [0, 0.05) is 26.6 Å². The zero-order valence-electron chi connectivity index (χ0n) is 12.5. The smallest absolute Gasteiger partial charge is 0.132 e. The molecule has 0 atom stereocenters. The molecule has 0 aliphatic heterocycles. The molecule has 0 N–H and O–H groups in total. The minimum absolute atomic E-state index is 0.412. The summed E-state index contributed by atoms with van der Waals surface area (Å²) in [5.74, 6) is 0.412. The van der Waals surface area contributed by atoms with Crippen molar-refractivity contribution in [3.63, 3.8) is 0 Å². The maximum atomic E-state index is 11.5. The van der Waals surface area contributed by atoms with Crippen LogP contribution in [0.5, 0.6) is 0 Å². The van der Waals surface area contributed by atoms with Gasteiger partial charge >= 0.3 is 0 Å². The summed E-state index contributed by atoms with van der Waals surface area (Å²) in [6.45, 7) is 2.97. The lowest BCUT2D eigenvalue weighted by Gasteiger charge is -2.02. The largest absolute Gasteiger partial charge is 0.385 e. The van der Waals surface area contributed by atoms with Gasteiger partial charge in [-0.05, 0) is 12.8 Å². The van der Waals surface area contributed by atoms with Crippen molar-refractivity contribution >= 4 is 5.78 Å². The van der Waals surface area contributed by atoms with E-state index in [9.17, 15) is 4.79 Å². The summed E-state index contributed by atoms with van der Waals surface area (Å²) in [5, 5.41) is 0. The molecule has 0 aromatic carbocycles. The van der Waals surface area contributed by atoms with E-state index in [0.29, 0.717) is 18.8 Å². The molecule has 0 amide bonds. The second-order valence-electron chi connectivity index (χ2n) is 5.21. The molecule has 0 bridgehead atoms. The van der Waals surface area contributed by atoms with E-state index in [1.807, 2.05) is 0 Å². The molecular weight excluding hydrogens is 224 g/mol. The van der Waals surface area contributed by atoms with E-state index in [-0.39, 0.29) is 0 Å². The second kappa shape index (κ2) is 14.7. The number of rotatable bonds is 14. The van der Waals surface area contributed by atoms with Gasteiger partial charge in [0.25, 0.3) is 0 Å². The van der Waals surface area contributed by atoms with Crippen LogP contribution >= 0.6 is 0 Å². The molecule has 0 aromatic rings. The molecule has 0 fully saturated rings. The maximum absolute atomic E-state index is 11.5. The van der Waals surface area contributed by atoms with Crippen molar-refractivity contribution < 1.29 is 9.53 Å². The lowest BCUT2D eigenvalue weighted by molar-refractivity contribution is -0.119. The Morgan fingerprint density at radius 3 is 1.83 bits per heavy atom. The maximum Gasteiger partial charge on any atom is 0.132 e. The van der Waals surface area contributed by atoms with Crippen molar-refractivity contribution in [2.45, 2.75) is 84.0 Å². The van der Waals surface area contributed by atoms with Crippen LogP contribution in [0.4, 0.5) is 0 Å². The number of hydrogen-bond acceptors (Lipinski definition) is 2. The molecule has 0 heterocycles. The molecule has 0 saturated carbocycles. The first-order chi connectivity index (χ1) is 8.81. The van der Waals surface area contributed by atoms with Crippen LogP contribution in [0.1, 0.15) is 84.0 Å². The molecule has 0 unspecified atom stereocenters. The SMILES string of the molecule is CCCCCCCCCCCC(=O)CCCOC. The second-order valence-corrected chi connectivity index (χ2v) is 5.21. The summed E-state index contributed by atoms with van der Waals surface area (Å²) in [5.41, 5.74) is 0. The van der Waals surface area contributed by atoms with E-state index in [4.69, 9.17) is 4.74 Å². The Morgan fingerprint density at radius 2 is 1.28 bits per heavy atom. The van der Waals surface area contributed by atoms with Crippen molar-refractivity contribution in [1.29, 1.82) is 0 Å². The number of Topliss-reactive ketones (excluding diaryl/α,β-unsaturated/α-hetero) is 1. The predicted octanol–water partition coefficient (Wildman–Crippen LogP) is 4.90. The number of carbonyl (C=O) groups excluding carboxylic acids is 1. The highest BCUT2D eigenvalue weighted by Gasteiger charge is 2.01. The molecule has 0 radical (unpaired) electrons. The van der Waals surface area contributed by atoms with E-state index in [2.05, 4.69) is 6.92 Å². The van der Waals surface area contributed by atoms with Crippen LogP contribution in [0.2, 0.25) is 0 Å². The fourth-order valence-electron chi connectivity index (χ4n) is 2.17. The third-order valence-electron chi connectivity index (χ3n) is 3.36. The van der Waals surface area contributed by atoms with Crippen LogP contribution in [-0.4, -0.2) is 19.5 Å². The van der Waals surface area contributed by atoms with Gasteiger partial charge in [0.05, 0.1) is 0 Å². The Kier molecular flexibility index (Phi) is 14.4. The lowest BCUT2D eigenvalue weighted by Crippen LogP contribution is -2.00. The van der Waals surface area contributed by atoms with E-state index in [1.165, 1.54) is 51.4 Å². The molecule has 0 spiro atoms. The molecule has 0 aliphatic rings. The van der Waals surface area contributed by atoms with Gasteiger partial charge in [0.15, 0.2) is 0 Å². The minimum atomic E-state index is 0.412. The Labute approximate surface area is 113 Å². The van der Waals surface area contributed by atoms with Crippen LogP contribution in [0.25, 0.3) is 0 Å². The summed E-state index contributed by atoms with van der Waals surface area (Å²) in [4.78, 5) is 11.5. The zero-order valence-corrected chi connectivity index (χ0v) is 12.5. The highest BCUT2D eigenvalue weighted by Crippen LogP contribution is 2.11. The zero-order chi connectivity index (χ0) is 13.5. The van der Waals surface area contributed by atoms with Gasteiger partial charge in [-0.15, -0.1) is 0 Å². The van der Waals surface area contributed by atoms with Gasteiger partial charge in [-0.3, -0.25) is 4.79 Å². The quantitative estimate of drug-likeness (QED) is 0.413.